The summed E-state index contributed by atoms with van der Waals surface area (Å²) in [6.07, 6.45) is 7.17. The Morgan fingerprint density at radius 1 is 0.870 bits per heavy atom. The molecule has 276 valence electrons. The van der Waals surface area contributed by atoms with Crippen molar-refractivity contribution in [3.8, 4) is 34.1 Å². The van der Waals surface area contributed by atoms with Crippen molar-refractivity contribution in [1.82, 2.24) is 9.88 Å². The van der Waals surface area contributed by atoms with Gasteiger partial charge in [-0.2, -0.15) is 0 Å². The molecule has 0 bridgehead atoms. The van der Waals surface area contributed by atoms with E-state index in [2.05, 4.69) is 18.8 Å². The first-order chi connectivity index (χ1) is 26.2. The fourth-order valence-electron chi connectivity index (χ4n) is 7.09. The van der Waals surface area contributed by atoms with Gasteiger partial charge < -0.3 is 23.8 Å². The summed E-state index contributed by atoms with van der Waals surface area (Å²) < 4.78 is 23.8. The number of benzene rings is 4. The molecule has 0 radical (unpaired) electrons. The predicted octanol–water partition coefficient (Wildman–Crippen LogP) is 9.17. The number of ether oxygens (including phenoxy) is 4. The van der Waals surface area contributed by atoms with Crippen molar-refractivity contribution < 1.29 is 28.5 Å². The number of allylic oxidation sites excluding steroid dienone is 1. The number of carbonyl (C=O) groups is 2. The SMILES string of the molecule is COc1cc(/C=C/C(=O)c2c(C)nc3ccccc3c2-c2ccccc2)ccc1OCC(C)C(C)COc1cc2c(cc1OC)C(=O)N1CCCC1C=N2. The van der Waals surface area contributed by atoms with Crippen LogP contribution in [-0.2, 0) is 0 Å². The Morgan fingerprint density at radius 2 is 1.57 bits per heavy atom. The largest absolute Gasteiger partial charge is 0.493 e. The summed E-state index contributed by atoms with van der Waals surface area (Å²) in [5.74, 6) is 2.34. The third kappa shape index (κ3) is 7.44. The van der Waals surface area contributed by atoms with Crippen molar-refractivity contribution in [2.24, 2.45) is 16.8 Å². The van der Waals surface area contributed by atoms with Crippen LogP contribution < -0.4 is 18.9 Å². The van der Waals surface area contributed by atoms with Gasteiger partial charge in [-0.05, 0) is 73.1 Å². The molecular weight excluding hydrogens is 679 g/mol. The van der Waals surface area contributed by atoms with Crippen LogP contribution in [0.15, 0.2) is 96.0 Å². The molecule has 1 amide bonds. The van der Waals surface area contributed by atoms with Crippen molar-refractivity contribution in [1.29, 1.82) is 0 Å². The topological polar surface area (TPSA) is 99.6 Å². The molecule has 0 spiro atoms. The van der Waals surface area contributed by atoms with Gasteiger partial charge in [0.05, 0.1) is 55.8 Å². The van der Waals surface area contributed by atoms with Gasteiger partial charge in [0, 0.05) is 35.5 Å². The fraction of sp³-hybridized carbons (Fsp3) is 0.289. The minimum atomic E-state index is -0.126. The predicted molar refractivity (Wildman–Crippen MR) is 213 cm³/mol. The molecular formula is C45H45N3O6. The third-order valence-corrected chi connectivity index (χ3v) is 10.4. The maximum absolute atomic E-state index is 13.8. The number of pyridine rings is 1. The van der Waals surface area contributed by atoms with Crippen LogP contribution in [0, 0.1) is 18.8 Å². The molecule has 1 aromatic heterocycles. The molecule has 54 heavy (non-hydrogen) atoms. The van der Waals surface area contributed by atoms with E-state index in [-0.39, 0.29) is 29.6 Å². The first kappa shape index (κ1) is 36.4. The number of aliphatic imine (C=N–C) groups is 1. The second-order valence-electron chi connectivity index (χ2n) is 14.0. The van der Waals surface area contributed by atoms with Crippen LogP contribution in [0.2, 0.25) is 0 Å². The van der Waals surface area contributed by atoms with Crippen LogP contribution in [0.5, 0.6) is 23.0 Å². The number of nitrogens with zero attached hydrogens (tertiary/aromatic N) is 3. The highest BCUT2D eigenvalue weighted by Crippen LogP contribution is 2.39. The second kappa shape index (κ2) is 16.0. The highest BCUT2D eigenvalue weighted by atomic mass is 16.5. The Morgan fingerprint density at radius 3 is 2.33 bits per heavy atom. The Bertz CT molecular complexity index is 2250. The van der Waals surface area contributed by atoms with Crippen LogP contribution in [-0.4, -0.2) is 67.8 Å². The Hall–Kier alpha value is -5.96. The van der Waals surface area contributed by atoms with Gasteiger partial charge in [-0.3, -0.25) is 19.6 Å². The smallest absolute Gasteiger partial charge is 0.256 e. The van der Waals surface area contributed by atoms with E-state index in [1.807, 2.05) is 90.8 Å². The summed E-state index contributed by atoms with van der Waals surface area (Å²) in [6.45, 7) is 7.69. The molecule has 9 nitrogen and oxygen atoms in total. The zero-order chi connectivity index (χ0) is 37.8. The maximum Gasteiger partial charge on any atom is 0.256 e. The minimum absolute atomic E-state index is 0.0203. The molecule has 7 rings (SSSR count). The molecule has 4 aromatic carbocycles. The molecule has 1 saturated heterocycles. The van der Waals surface area contributed by atoms with Crippen molar-refractivity contribution in [3.63, 3.8) is 0 Å². The number of carbonyl (C=O) groups excluding carboxylic acids is 2. The highest BCUT2D eigenvalue weighted by molar-refractivity contribution is 6.16. The second-order valence-corrected chi connectivity index (χ2v) is 14.0. The summed E-state index contributed by atoms with van der Waals surface area (Å²) in [5, 5.41) is 0.936. The number of ketones is 1. The molecule has 0 saturated carbocycles. The van der Waals surface area contributed by atoms with Crippen molar-refractivity contribution in [2.45, 2.75) is 39.7 Å². The van der Waals surface area contributed by atoms with Crippen LogP contribution in [0.25, 0.3) is 28.1 Å². The lowest BCUT2D eigenvalue weighted by molar-refractivity contribution is 0.0774. The number of rotatable bonds is 13. The number of hydrogen-bond acceptors (Lipinski definition) is 8. The Kier molecular flexibility index (Phi) is 10.8. The first-order valence-corrected chi connectivity index (χ1v) is 18.4. The lowest BCUT2D eigenvalue weighted by atomic mass is 9.92. The van der Waals surface area contributed by atoms with E-state index >= 15 is 0 Å². The van der Waals surface area contributed by atoms with Gasteiger partial charge in [-0.1, -0.05) is 74.5 Å². The van der Waals surface area contributed by atoms with Gasteiger partial charge in [0.15, 0.2) is 28.8 Å². The number of amides is 1. The lowest BCUT2D eigenvalue weighted by Crippen LogP contribution is -2.35. The van der Waals surface area contributed by atoms with E-state index in [0.717, 1.165) is 47.0 Å². The molecule has 0 N–H and O–H groups in total. The molecule has 0 aliphatic carbocycles. The van der Waals surface area contributed by atoms with Crippen LogP contribution in [0.4, 0.5) is 5.69 Å². The van der Waals surface area contributed by atoms with E-state index in [1.165, 1.54) is 0 Å². The average Bonchev–Trinajstić information content (AvgIpc) is 3.63. The third-order valence-electron chi connectivity index (χ3n) is 10.4. The van der Waals surface area contributed by atoms with Gasteiger partial charge in [0.2, 0.25) is 0 Å². The fourth-order valence-corrected chi connectivity index (χ4v) is 7.09. The first-order valence-electron chi connectivity index (χ1n) is 18.4. The van der Waals surface area contributed by atoms with Gasteiger partial charge in [0.25, 0.3) is 5.91 Å². The van der Waals surface area contributed by atoms with Crippen LogP contribution in [0.1, 0.15) is 58.7 Å². The molecule has 3 heterocycles. The van der Waals surface area contributed by atoms with E-state index in [9.17, 15) is 9.59 Å². The summed E-state index contributed by atoms with van der Waals surface area (Å²) in [7, 11) is 3.18. The van der Waals surface area contributed by atoms with E-state index in [0.29, 0.717) is 58.7 Å². The summed E-state index contributed by atoms with van der Waals surface area (Å²) >= 11 is 0. The number of fused-ring (bicyclic) bond motifs is 3. The molecule has 3 atom stereocenters. The number of aromatic nitrogens is 1. The van der Waals surface area contributed by atoms with Crippen LogP contribution in [0.3, 0.4) is 0 Å². The van der Waals surface area contributed by atoms with Gasteiger partial charge >= 0.3 is 0 Å². The zero-order valence-electron chi connectivity index (χ0n) is 31.4. The summed E-state index contributed by atoms with van der Waals surface area (Å²) in [4.78, 5) is 38.4. The van der Waals surface area contributed by atoms with Gasteiger partial charge in [-0.15, -0.1) is 0 Å². The van der Waals surface area contributed by atoms with Crippen molar-refractivity contribution in [3.05, 3.63) is 113 Å². The van der Waals surface area contributed by atoms with Crippen molar-refractivity contribution in [2.75, 3.05) is 34.0 Å². The molecule has 5 aromatic rings. The number of para-hydroxylation sites is 1. The highest BCUT2D eigenvalue weighted by Gasteiger charge is 2.32. The molecule has 3 unspecified atom stereocenters. The Labute approximate surface area is 316 Å². The number of aryl methyl sites for hydroxylation is 1. The zero-order valence-corrected chi connectivity index (χ0v) is 31.4. The lowest BCUT2D eigenvalue weighted by Gasteiger charge is -2.23. The normalized spacial score (nSPS) is 16.1. The van der Waals surface area contributed by atoms with Crippen molar-refractivity contribution >= 4 is 40.6 Å². The minimum Gasteiger partial charge on any atom is -0.493 e. The number of hydrogen-bond donors (Lipinski definition) is 0. The van der Waals surface area contributed by atoms with E-state index in [1.54, 1.807) is 38.5 Å². The maximum atomic E-state index is 13.8. The van der Waals surface area contributed by atoms with E-state index in [4.69, 9.17) is 23.9 Å². The molecule has 2 aliphatic heterocycles. The van der Waals surface area contributed by atoms with Gasteiger partial charge in [0.1, 0.15) is 0 Å². The summed E-state index contributed by atoms with van der Waals surface area (Å²) in [6, 6.07) is 27.1. The summed E-state index contributed by atoms with van der Waals surface area (Å²) in [5.41, 5.74) is 5.90. The van der Waals surface area contributed by atoms with E-state index < -0.39 is 0 Å². The molecule has 1 fully saturated rings. The van der Waals surface area contributed by atoms with Gasteiger partial charge in [-0.25, -0.2) is 0 Å². The molecule has 9 heteroatoms. The standard InChI is InChI=1S/C45H45N3O6/c1-28(29(2)27-54-42-24-37-35(23-41(42)52-5)45(50)48-21-11-14-33(48)25-46-37)26-53-39-20-18-31(22-40(39)51-4)17-19-38(49)43-30(3)47-36-16-10-9-15-34(36)44(43)32-12-7-6-8-13-32/h6-10,12-13,15-20,22-25,28-29,33H,11,14,21,26-27H2,1-5H3/b19-17+. The average molecular weight is 724 g/mol. The Balaban J connectivity index is 1.01. The quantitative estimate of drug-likeness (QED) is 0.0883. The van der Waals surface area contributed by atoms with Crippen LogP contribution >= 0.6 is 0 Å². The number of methoxy groups -OCH3 is 2. The monoisotopic (exact) mass is 723 g/mol. The molecule has 2 aliphatic rings.